The summed E-state index contributed by atoms with van der Waals surface area (Å²) >= 11 is 0. The average Bonchev–Trinajstić information content (AvgIpc) is 2.96. The van der Waals surface area contributed by atoms with Gasteiger partial charge in [-0.1, -0.05) is 30.3 Å². The van der Waals surface area contributed by atoms with Crippen molar-refractivity contribution in [1.29, 1.82) is 0 Å². The molecule has 0 aliphatic heterocycles. The Balaban J connectivity index is 1.69. The number of fused-ring (bicyclic) bond motifs is 1. The lowest BCUT2D eigenvalue weighted by molar-refractivity contribution is 0.455. The van der Waals surface area contributed by atoms with Crippen LogP contribution in [0.4, 0.5) is 4.39 Å². The maximum atomic E-state index is 13.5. The van der Waals surface area contributed by atoms with Crippen LogP contribution >= 0.6 is 0 Å². The van der Waals surface area contributed by atoms with E-state index in [0.717, 1.165) is 36.6 Å². The first-order chi connectivity index (χ1) is 11.3. The number of aryl methyl sites for hydroxylation is 1. The lowest BCUT2D eigenvalue weighted by Gasteiger charge is -2.16. The van der Waals surface area contributed by atoms with Crippen LogP contribution in [0.5, 0.6) is 0 Å². The van der Waals surface area contributed by atoms with E-state index in [1.54, 1.807) is 12.1 Å². The second-order valence-corrected chi connectivity index (χ2v) is 6.18. The highest BCUT2D eigenvalue weighted by Crippen LogP contribution is 2.24. The largest absolute Gasteiger partial charge is 0.361 e. The zero-order valence-corrected chi connectivity index (χ0v) is 13.3. The van der Waals surface area contributed by atoms with Crippen molar-refractivity contribution < 1.29 is 4.39 Å². The van der Waals surface area contributed by atoms with Gasteiger partial charge < -0.3 is 10.7 Å². The average molecular weight is 310 g/mol. The zero-order valence-electron chi connectivity index (χ0n) is 13.3. The van der Waals surface area contributed by atoms with E-state index < -0.39 is 0 Å². The third kappa shape index (κ3) is 3.99. The molecular formula is C20H23FN2. The van der Waals surface area contributed by atoms with Crippen molar-refractivity contribution in [1.82, 2.24) is 4.98 Å². The highest BCUT2D eigenvalue weighted by Gasteiger charge is 2.12. The summed E-state index contributed by atoms with van der Waals surface area (Å²) in [4.78, 5) is 3.23. The molecule has 0 bridgehead atoms. The third-order valence-corrected chi connectivity index (χ3v) is 4.49. The van der Waals surface area contributed by atoms with Crippen LogP contribution in [-0.2, 0) is 12.8 Å². The highest BCUT2D eigenvalue weighted by molar-refractivity contribution is 5.83. The molecule has 3 heteroatoms. The summed E-state index contributed by atoms with van der Waals surface area (Å²) in [7, 11) is 0. The molecule has 1 atom stereocenters. The standard InChI is InChI=1S/C20H23FN2/c21-18-8-9-20-19(13-18)17(14-23-20)7-6-16(10-11-22)12-15-4-2-1-3-5-15/h1-5,8-9,13-14,16,23H,6-7,10-12,22H2. The first-order valence-corrected chi connectivity index (χ1v) is 8.26. The molecule has 0 amide bonds. The van der Waals surface area contributed by atoms with E-state index in [1.165, 1.54) is 17.2 Å². The summed E-state index contributed by atoms with van der Waals surface area (Å²) in [5, 5.41) is 0.996. The summed E-state index contributed by atoms with van der Waals surface area (Å²) in [5.41, 5.74) is 9.33. The number of hydrogen-bond donors (Lipinski definition) is 2. The van der Waals surface area contributed by atoms with Gasteiger partial charge in [-0.25, -0.2) is 4.39 Å². The number of halogens is 1. The third-order valence-electron chi connectivity index (χ3n) is 4.49. The van der Waals surface area contributed by atoms with E-state index in [9.17, 15) is 4.39 Å². The summed E-state index contributed by atoms with van der Waals surface area (Å²) < 4.78 is 13.5. The van der Waals surface area contributed by atoms with Crippen LogP contribution in [-0.4, -0.2) is 11.5 Å². The Morgan fingerprint density at radius 1 is 1.04 bits per heavy atom. The molecule has 1 heterocycles. The van der Waals surface area contributed by atoms with Gasteiger partial charge in [0, 0.05) is 17.1 Å². The predicted molar refractivity (Wildman–Crippen MR) is 93.9 cm³/mol. The molecule has 23 heavy (non-hydrogen) atoms. The van der Waals surface area contributed by atoms with Crippen molar-refractivity contribution in [3.63, 3.8) is 0 Å². The van der Waals surface area contributed by atoms with Crippen LogP contribution in [0.1, 0.15) is 24.0 Å². The number of nitrogens with one attached hydrogen (secondary N) is 1. The number of rotatable bonds is 7. The van der Waals surface area contributed by atoms with Gasteiger partial charge in [0.05, 0.1) is 0 Å². The number of aromatic amines is 1. The number of H-pyrrole nitrogens is 1. The van der Waals surface area contributed by atoms with E-state index in [2.05, 4.69) is 29.2 Å². The lowest BCUT2D eigenvalue weighted by atomic mass is 9.90. The molecule has 0 spiro atoms. The maximum absolute atomic E-state index is 13.5. The monoisotopic (exact) mass is 310 g/mol. The summed E-state index contributed by atoms with van der Waals surface area (Å²) in [6.07, 6.45) is 6.09. The van der Waals surface area contributed by atoms with Crippen LogP contribution in [0.2, 0.25) is 0 Å². The van der Waals surface area contributed by atoms with E-state index in [-0.39, 0.29) is 5.82 Å². The minimum absolute atomic E-state index is 0.179. The molecule has 0 saturated carbocycles. The fourth-order valence-electron chi connectivity index (χ4n) is 3.25. The number of benzene rings is 2. The van der Waals surface area contributed by atoms with Gasteiger partial charge in [-0.2, -0.15) is 0 Å². The second-order valence-electron chi connectivity index (χ2n) is 6.18. The quantitative estimate of drug-likeness (QED) is 0.665. The van der Waals surface area contributed by atoms with Crippen molar-refractivity contribution in [3.05, 3.63) is 71.7 Å². The van der Waals surface area contributed by atoms with Crippen LogP contribution in [0.25, 0.3) is 10.9 Å². The van der Waals surface area contributed by atoms with Gasteiger partial charge in [0.1, 0.15) is 5.82 Å². The fourth-order valence-corrected chi connectivity index (χ4v) is 3.25. The van der Waals surface area contributed by atoms with Crippen LogP contribution in [0, 0.1) is 11.7 Å². The number of hydrogen-bond acceptors (Lipinski definition) is 1. The van der Waals surface area contributed by atoms with Crippen molar-refractivity contribution >= 4 is 10.9 Å². The molecule has 3 rings (SSSR count). The van der Waals surface area contributed by atoms with Crippen LogP contribution < -0.4 is 5.73 Å². The van der Waals surface area contributed by atoms with Gasteiger partial charge in [-0.3, -0.25) is 0 Å². The summed E-state index contributed by atoms with van der Waals surface area (Å²) in [5.74, 6) is 0.377. The Labute approximate surface area is 136 Å². The molecule has 3 aromatic rings. The molecule has 1 unspecified atom stereocenters. The zero-order chi connectivity index (χ0) is 16.1. The molecular weight excluding hydrogens is 287 g/mol. The van der Waals surface area contributed by atoms with Crippen LogP contribution in [0.15, 0.2) is 54.7 Å². The van der Waals surface area contributed by atoms with E-state index in [4.69, 9.17) is 5.73 Å². The molecule has 0 radical (unpaired) electrons. The Bertz CT molecular complexity index is 749. The minimum atomic E-state index is -0.179. The van der Waals surface area contributed by atoms with Gasteiger partial charge in [-0.05, 0) is 67.5 Å². The molecule has 120 valence electrons. The van der Waals surface area contributed by atoms with Crippen molar-refractivity contribution in [2.75, 3.05) is 6.54 Å². The van der Waals surface area contributed by atoms with E-state index in [1.807, 2.05) is 12.3 Å². The van der Waals surface area contributed by atoms with Gasteiger partial charge in [0.2, 0.25) is 0 Å². The normalized spacial score (nSPS) is 12.6. The first kappa shape index (κ1) is 15.8. The molecule has 0 aliphatic carbocycles. The fraction of sp³-hybridized carbons (Fsp3) is 0.300. The van der Waals surface area contributed by atoms with Gasteiger partial charge in [0.25, 0.3) is 0 Å². The minimum Gasteiger partial charge on any atom is -0.361 e. The van der Waals surface area contributed by atoms with Crippen molar-refractivity contribution in [3.8, 4) is 0 Å². The highest BCUT2D eigenvalue weighted by atomic mass is 19.1. The Kier molecular flexibility index (Phi) is 5.09. The number of aromatic nitrogens is 1. The molecule has 0 fully saturated rings. The van der Waals surface area contributed by atoms with Crippen LogP contribution in [0.3, 0.4) is 0 Å². The van der Waals surface area contributed by atoms with Gasteiger partial charge in [0.15, 0.2) is 0 Å². The van der Waals surface area contributed by atoms with Crippen molar-refractivity contribution in [2.24, 2.45) is 11.7 Å². The molecule has 0 aliphatic rings. The molecule has 1 aromatic heterocycles. The second kappa shape index (κ2) is 7.42. The van der Waals surface area contributed by atoms with Gasteiger partial charge >= 0.3 is 0 Å². The summed E-state index contributed by atoms with van der Waals surface area (Å²) in [6.45, 7) is 0.708. The summed E-state index contributed by atoms with van der Waals surface area (Å²) in [6, 6.07) is 15.5. The predicted octanol–water partition coefficient (Wildman–Crippen LogP) is 4.45. The molecule has 2 nitrogen and oxygen atoms in total. The number of nitrogens with two attached hydrogens (primary N) is 1. The lowest BCUT2D eigenvalue weighted by Crippen LogP contribution is -2.12. The Morgan fingerprint density at radius 3 is 2.65 bits per heavy atom. The van der Waals surface area contributed by atoms with Gasteiger partial charge in [-0.15, -0.1) is 0 Å². The molecule has 0 saturated heterocycles. The first-order valence-electron chi connectivity index (χ1n) is 8.26. The van der Waals surface area contributed by atoms with E-state index >= 15 is 0 Å². The Hall–Kier alpha value is -2.13. The topological polar surface area (TPSA) is 41.8 Å². The molecule has 2 aromatic carbocycles. The SMILES string of the molecule is NCCC(CCc1c[nH]c2ccc(F)cc12)Cc1ccccc1. The maximum Gasteiger partial charge on any atom is 0.123 e. The van der Waals surface area contributed by atoms with E-state index in [0.29, 0.717) is 12.5 Å². The smallest absolute Gasteiger partial charge is 0.123 e. The van der Waals surface area contributed by atoms with Crippen molar-refractivity contribution in [2.45, 2.75) is 25.7 Å². The Morgan fingerprint density at radius 2 is 1.87 bits per heavy atom. The molecule has 3 N–H and O–H groups in total.